The first-order chi connectivity index (χ1) is 9.58. The van der Waals surface area contributed by atoms with Crippen LogP contribution in [0.4, 0.5) is 11.5 Å². The van der Waals surface area contributed by atoms with Crippen molar-refractivity contribution in [2.24, 2.45) is 0 Å². The van der Waals surface area contributed by atoms with Gasteiger partial charge in [-0.25, -0.2) is 4.98 Å². The first kappa shape index (κ1) is 14.6. The van der Waals surface area contributed by atoms with E-state index in [1.165, 1.54) is 16.3 Å². The van der Waals surface area contributed by atoms with Crippen LogP contribution in [0.1, 0.15) is 33.3 Å². The van der Waals surface area contributed by atoms with E-state index in [1.54, 1.807) is 0 Å². The molecule has 2 rings (SSSR count). The normalized spacial score (nSPS) is 11.1. The van der Waals surface area contributed by atoms with E-state index in [1.807, 2.05) is 6.20 Å². The van der Waals surface area contributed by atoms with E-state index in [9.17, 15) is 0 Å². The molecule has 0 saturated heterocycles. The molecule has 0 unspecified atom stereocenters. The van der Waals surface area contributed by atoms with Gasteiger partial charge in [-0.3, -0.25) is 0 Å². The van der Waals surface area contributed by atoms with Crippen LogP contribution < -0.4 is 10.2 Å². The molecule has 1 heterocycles. The minimum atomic E-state index is 0.402. The second-order valence-corrected chi connectivity index (χ2v) is 5.46. The number of hydrogen-bond donors (Lipinski definition) is 1. The minimum absolute atomic E-state index is 0.402. The molecule has 1 aromatic carbocycles. The summed E-state index contributed by atoms with van der Waals surface area (Å²) in [7, 11) is 0. The Morgan fingerprint density at radius 3 is 2.50 bits per heavy atom. The van der Waals surface area contributed by atoms with E-state index in [0.717, 1.165) is 24.6 Å². The maximum absolute atomic E-state index is 4.71. The molecule has 3 nitrogen and oxygen atoms in total. The van der Waals surface area contributed by atoms with Crippen LogP contribution in [0.2, 0.25) is 0 Å². The van der Waals surface area contributed by atoms with Crippen LogP contribution in [0.25, 0.3) is 10.8 Å². The van der Waals surface area contributed by atoms with Crippen molar-refractivity contribution in [2.75, 3.05) is 23.3 Å². The standard InChI is InChI=1S/C17H25N3/c1-6-20(7-2)17-14-10-8-9-13(5)16(14)15(11-18-17)19-12(3)4/h8-12,19H,6-7H2,1-5H3. The highest BCUT2D eigenvalue weighted by atomic mass is 15.2. The van der Waals surface area contributed by atoms with Crippen molar-refractivity contribution in [1.82, 2.24) is 4.98 Å². The van der Waals surface area contributed by atoms with Gasteiger partial charge in [-0.05, 0) is 40.2 Å². The summed E-state index contributed by atoms with van der Waals surface area (Å²) in [6, 6.07) is 6.86. The fraction of sp³-hybridized carbons (Fsp3) is 0.471. The van der Waals surface area contributed by atoms with Crippen molar-refractivity contribution in [3.8, 4) is 0 Å². The topological polar surface area (TPSA) is 28.2 Å². The van der Waals surface area contributed by atoms with Crippen molar-refractivity contribution in [3.05, 3.63) is 30.0 Å². The Balaban J connectivity index is 2.67. The zero-order chi connectivity index (χ0) is 14.7. The average Bonchev–Trinajstić information content (AvgIpc) is 2.41. The first-order valence-electron chi connectivity index (χ1n) is 7.48. The molecule has 20 heavy (non-hydrogen) atoms. The molecule has 0 spiro atoms. The van der Waals surface area contributed by atoms with Gasteiger partial charge in [0.25, 0.3) is 0 Å². The predicted octanol–water partition coefficient (Wildman–Crippen LogP) is 4.21. The number of anilines is 2. The van der Waals surface area contributed by atoms with Gasteiger partial charge in [0.05, 0.1) is 11.9 Å². The second kappa shape index (κ2) is 6.12. The van der Waals surface area contributed by atoms with Crippen LogP contribution >= 0.6 is 0 Å². The van der Waals surface area contributed by atoms with Crippen LogP contribution in [-0.2, 0) is 0 Å². The number of aromatic nitrogens is 1. The molecule has 0 bridgehead atoms. The van der Waals surface area contributed by atoms with Crippen molar-refractivity contribution < 1.29 is 0 Å². The Bertz CT molecular complexity index is 586. The number of benzene rings is 1. The summed E-state index contributed by atoms with van der Waals surface area (Å²) in [6.45, 7) is 12.8. The third-order valence-corrected chi connectivity index (χ3v) is 3.61. The molecule has 0 fully saturated rings. The average molecular weight is 271 g/mol. The van der Waals surface area contributed by atoms with Crippen LogP contribution in [0.15, 0.2) is 24.4 Å². The lowest BCUT2D eigenvalue weighted by molar-refractivity contribution is 0.850. The van der Waals surface area contributed by atoms with Gasteiger partial charge in [0.2, 0.25) is 0 Å². The van der Waals surface area contributed by atoms with Crippen molar-refractivity contribution in [1.29, 1.82) is 0 Å². The Hall–Kier alpha value is -1.77. The Morgan fingerprint density at radius 2 is 1.90 bits per heavy atom. The Labute approximate surface area is 122 Å². The first-order valence-corrected chi connectivity index (χ1v) is 7.48. The van der Waals surface area contributed by atoms with Crippen LogP contribution in [0.3, 0.4) is 0 Å². The van der Waals surface area contributed by atoms with Crippen LogP contribution in [0.5, 0.6) is 0 Å². The molecule has 108 valence electrons. The van der Waals surface area contributed by atoms with Gasteiger partial charge >= 0.3 is 0 Å². The Kier molecular flexibility index (Phi) is 4.48. The number of pyridine rings is 1. The summed E-state index contributed by atoms with van der Waals surface area (Å²) < 4.78 is 0. The lowest BCUT2D eigenvalue weighted by Crippen LogP contribution is -2.23. The maximum Gasteiger partial charge on any atom is 0.136 e. The second-order valence-electron chi connectivity index (χ2n) is 5.46. The number of nitrogens with one attached hydrogen (secondary N) is 1. The number of aryl methyl sites for hydroxylation is 1. The fourth-order valence-corrected chi connectivity index (χ4v) is 2.67. The molecule has 0 radical (unpaired) electrons. The smallest absolute Gasteiger partial charge is 0.136 e. The van der Waals surface area contributed by atoms with E-state index in [-0.39, 0.29) is 0 Å². The highest BCUT2D eigenvalue weighted by Gasteiger charge is 2.13. The van der Waals surface area contributed by atoms with Gasteiger partial charge in [-0.2, -0.15) is 0 Å². The SMILES string of the molecule is CCN(CC)c1ncc(NC(C)C)c2c(C)cccc12. The minimum Gasteiger partial charge on any atom is -0.381 e. The number of hydrogen-bond acceptors (Lipinski definition) is 3. The summed E-state index contributed by atoms with van der Waals surface area (Å²) in [4.78, 5) is 7.01. The predicted molar refractivity (Wildman–Crippen MR) is 88.8 cm³/mol. The molecule has 1 aromatic heterocycles. The van der Waals surface area contributed by atoms with E-state index in [0.29, 0.717) is 6.04 Å². The highest BCUT2D eigenvalue weighted by Crippen LogP contribution is 2.32. The van der Waals surface area contributed by atoms with Gasteiger partial charge in [-0.1, -0.05) is 18.2 Å². The summed E-state index contributed by atoms with van der Waals surface area (Å²) in [5.74, 6) is 1.09. The monoisotopic (exact) mass is 271 g/mol. The number of rotatable bonds is 5. The molecule has 0 aliphatic carbocycles. The fourth-order valence-electron chi connectivity index (χ4n) is 2.67. The molecule has 0 atom stereocenters. The Morgan fingerprint density at radius 1 is 1.20 bits per heavy atom. The van der Waals surface area contributed by atoms with Crippen molar-refractivity contribution >= 4 is 22.3 Å². The van der Waals surface area contributed by atoms with Gasteiger partial charge in [-0.15, -0.1) is 0 Å². The van der Waals surface area contributed by atoms with Gasteiger partial charge in [0.1, 0.15) is 5.82 Å². The molecule has 3 heteroatoms. The molecule has 0 aliphatic rings. The highest BCUT2D eigenvalue weighted by molar-refractivity contribution is 6.02. The number of nitrogens with zero attached hydrogens (tertiary/aromatic N) is 2. The van der Waals surface area contributed by atoms with Crippen LogP contribution in [-0.4, -0.2) is 24.1 Å². The molecule has 0 aliphatic heterocycles. The third kappa shape index (κ3) is 2.72. The summed E-state index contributed by atoms with van der Waals surface area (Å²) in [5, 5.41) is 6.04. The van der Waals surface area contributed by atoms with Gasteiger partial charge in [0, 0.05) is 29.9 Å². The third-order valence-electron chi connectivity index (χ3n) is 3.61. The maximum atomic E-state index is 4.71. The lowest BCUT2D eigenvalue weighted by Gasteiger charge is -2.23. The van der Waals surface area contributed by atoms with E-state index < -0.39 is 0 Å². The molecular weight excluding hydrogens is 246 g/mol. The van der Waals surface area contributed by atoms with E-state index in [2.05, 4.69) is 63.0 Å². The summed E-state index contributed by atoms with van der Waals surface area (Å²) >= 11 is 0. The zero-order valence-corrected chi connectivity index (χ0v) is 13.2. The quantitative estimate of drug-likeness (QED) is 0.883. The van der Waals surface area contributed by atoms with E-state index in [4.69, 9.17) is 4.98 Å². The molecule has 0 amide bonds. The van der Waals surface area contributed by atoms with Crippen molar-refractivity contribution in [3.63, 3.8) is 0 Å². The number of fused-ring (bicyclic) bond motifs is 1. The van der Waals surface area contributed by atoms with Crippen molar-refractivity contribution in [2.45, 2.75) is 40.7 Å². The van der Waals surface area contributed by atoms with E-state index >= 15 is 0 Å². The molecule has 0 saturated carbocycles. The summed E-state index contributed by atoms with van der Waals surface area (Å²) in [6.07, 6.45) is 1.98. The lowest BCUT2D eigenvalue weighted by atomic mass is 10.0. The molecule has 1 N–H and O–H groups in total. The van der Waals surface area contributed by atoms with Crippen LogP contribution in [0, 0.1) is 6.92 Å². The zero-order valence-electron chi connectivity index (χ0n) is 13.2. The van der Waals surface area contributed by atoms with Gasteiger partial charge in [0.15, 0.2) is 0 Å². The molecule has 2 aromatic rings. The summed E-state index contributed by atoms with van der Waals surface area (Å²) in [5.41, 5.74) is 2.42. The molecular formula is C17H25N3. The largest absolute Gasteiger partial charge is 0.381 e. The van der Waals surface area contributed by atoms with Gasteiger partial charge < -0.3 is 10.2 Å².